The van der Waals surface area contributed by atoms with E-state index in [0.29, 0.717) is 12.0 Å². The first-order valence-corrected chi connectivity index (χ1v) is 8.84. The number of aliphatic hydroxyl groups excluding tert-OH is 1. The van der Waals surface area contributed by atoms with Crippen LogP contribution in [0.25, 0.3) is 0 Å². The average Bonchev–Trinajstić information content (AvgIpc) is 2.90. The minimum absolute atomic E-state index is 0.0186. The molecule has 1 N–H and O–H groups in total. The second kappa shape index (κ2) is 7.78. The minimum atomic E-state index is -0.293. The third-order valence-electron chi connectivity index (χ3n) is 5.14. The molecule has 0 radical (unpaired) electrons. The lowest BCUT2D eigenvalue weighted by atomic mass is 10.1. The highest BCUT2D eigenvalue weighted by Crippen LogP contribution is 2.27. The third kappa shape index (κ3) is 4.14. The van der Waals surface area contributed by atoms with Crippen LogP contribution in [0.1, 0.15) is 36.8 Å². The molecule has 2 atom stereocenters. The zero-order chi connectivity index (χ0) is 16.9. The van der Waals surface area contributed by atoms with E-state index >= 15 is 0 Å². The van der Waals surface area contributed by atoms with Crippen LogP contribution in [0.2, 0.25) is 0 Å². The topological polar surface area (TPSA) is 67.6 Å². The van der Waals surface area contributed by atoms with Crippen molar-refractivity contribution >= 4 is 5.91 Å². The first-order chi connectivity index (χ1) is 11.7. The van der Waals surface area contributed by atoms with Gasteiger partial charge in [-0.05, 0) is 43.4 Å². The summed E-state index contributed by atoms with van der Waals surface area (Å²) >= 11 is 0. The van der Waals surface area contributed by atoms with E-state index in [1.54, 1.807) is 0 Å². The summed E-state index contributed by atoms with van der Waals surface area (Å²) in [7, 11) is 0. The summed E-state index contributed by atoms with van der Waals surface area (Å²) in [5, 5.41) is 18.5. The highest BCUT2D eigenvalue weighted by atomic mass is 16.3. The molecule has 0 bridgehead atoms. The SMILES string of the molecule is N#Cc1ccc(CN2CCCN(C(=O)[C@@H]3CC[C@@H](O)C3)CC2)cc1. The van der Waals surface area contributed by atoms with Crippen LogP contribution in [0, 0.1) is 17.2 Å². The summed E-state index contributed by atoms with van der Waals surface area (Å²) in [6.45, 7) is 4.30. The lowest BCUT2D eigenvalue weighted by molar-refractivity contribution is -0.135. The van der Waals surface area contributed by atoms with Crippen LogP contribution >= 0.6 is 0 Å². The van der Waals surface area contributed by atoms with Gasteiger partial charge >= 0.3 is 0 Å². The van der Waals surface area contributed by atoms with Crippen molar-refractivity contribution in [2.24, 2.45) is 5.92 Å². The molecule has 1 aromatic carbocycles. The zero-order valence-electron chi connectivity index (χ0n) is 14.0. The van der Waals surface area contributed by atoms with Crippen LogP contribution in [-0.4, -0.2) is 53.1 Å². The second-order valence-electron chi connectivity index (χ2n) is 6.93. The lowest BCUT2D eigenvalue weighted by Gasteiger charge is -2.24. The smallest absolute Gasteiger partial charge is 0.225 e. The molecule has 3 rings (SSSR count). The molecule has 1 aliphatic carbocycles. The van der Waals surface area contributed by atoms with Crippen LogP contribution in [-0.2, 0) is 11.3 Å². The number of amides is 1. The largest absolute Gasteiger partial charge is 0.393 e. The monoisotopic (exact) mass is 327 g/mol. The maximum absolute atomic E-state index is 12.6. The number of aliphatic hydroxyl groups is 1. The molecule has 2 aliphatic rings. The first kappa shape index (κ1) is 16.9. The highest BCUT2D eigenvalue weighted by Gasteiger charge is 2.32. The predicted octanol–water partition coefficient (Wildman–Crippen LogP) is 1.75. The highest BCUT2D eigenvalue weighted by molar-refractivity contribution is 5.79. The van der Waals surface area contributed by atoms with Crippen LogP contribution in [0.3, 0.4) is 0 Å². The van der Waals surface area contributed by atoms with Gasteiger partial charge in [-0.25, -0.2) is 0 Å². The van der Waals surface area contributed by atoms with Crippen molar-refractivity contribution in [3.05, 3.63) is 35.4 Å². The maximum Gasteiger partial charge on any atom is 0.225 e. The van der Waals surface area contributed by atoms with E-state index < -0.39 is 0 Å². The Bertz CT molecular complexity index is 608. The Hall–Kier alpha value is -1.90. The van der Waals surface area contributed by atoms with Crippen LogP contribution < -0.4 is 0 Å². The number of nitriles is 1. The number of hydrogen-bond donors (Lipinski definition) is 1. The summed E-state index contributed by atoms with van der Waals surface area (Å²) in [6, 6.07) is 9.86. The Labute approximate surface area is 143 Å². The molecule has 24 heavy (non-hydrogen) atoms. The van der Waals surface area contributed by atoms with E-state index in [2.05, 4.69) is 11.0 Å². The van der Waals surface area contributed by atoms with Crippen molar-refractivity contribution in [2.75, 3.05) is 26.2 Å². The fourth-order valence-corrected chi connectivity index (χ4v) is 3.73. The third-order valence-corrected chi connectivity index (χ3v) is 5.14. The van der Waals surface area contributed by atoms with Crippen molar-refractivity contribution in [3.63, 3.8) is 0 Å². The van der Waals surface area contributed by atoms with Crippen molar-refractivity contribution in [1.82, 2.24) is 9.80 Å². The molecule has 0 spiro atoms. The van der Waals surface area contributed by atoms with Crippen molar-refractivity contribution in [3.8, 4) is 6.07 Å². The Morgan fingerprint density at radius 3 is 2.62 bits per heavy atom. The number of benzene rings is 1. The van der Waals surface area contributed by atoms with Gasteiger partial charge in [-0.1, -0.05) is 12.1 Å². The van der Waals surface area contributed by atoms with Gasteiger partial charge in [0.1, 0.15) is 0 Å². The van der Waals surface area contributed by atoms with E-state index in [1.807, 2.05) is 29.2 Å². The molecule has 0 unspecified atom stereocenters. The fourth-order valence-electron chi connectivity index (χ4n) is 3.73. The number of carbonyl (C=O) groups is 1. The number of rotatable bonds is 3. The van der Waals surface area contributed by atoms with Gasteiger partial charge in [0.25, 0.3) is 0 Å². The van der Waals surface area contributed by atoms with Gasteiger partial charge in [0, 0.05) is 38.6 Å². The first-order valence-electron chi connectivity index (χ1n) is 8.84. The second-order valence-corrected chi connectivity index (χ2v) is 6.93. The number of carbonyl (C=O) groups excluding carboxylic acids is 1. The Morgan fingerprint density at radius 2 is 1.96 bits per heavy atom. The summed E-state index contributed by atoms with van der Waals surface area (Å²) in [6.07, 6.45) is 2.90. The number of nitrogens with zero attached hydrogens (tertiary/aromatic N) is 3. The van der Waals surface area contributed by atoms with E-state index in [1.165, 1.54) is 5.56 Å². The van der Waals surface area contributed by atoms with Gasteiger partial charge in [-0.3, -0.25) is 9.69 Å². The maximum atomic E-state index is 12.6. The van der Waals surface area contributed by atoms with Crippen LogP contribution in [0.15, 0.2) is 24.3 Å². The van der Waals surface area contributed by atoms with Gasteiger partial charge in [0.05, 0.1) is 17.7 Å². The van der Waals surface area contributed by atoms with Gasteiger partial charge in [0.2, 0.25) is 5.91 Å². The molecule has 1 heterocycles. The molecule has 5 nitrogen and oxygen atoms in total. The molecule has 5 heteroatoms. The van der Waals surface area contributed by atoms with Crippen molar-refractivity contribution < 1.29 is 9.90 Å². The van der Waals surface area contributed by atoms with Crippen LogP contribution in [0.4, 0.5) is 0 Å². The van der Waals surface area contributed by atoms with Gasteiger partial charge in [0.15, 0.2) is 0 Å². The van der Waals surface area contributed by atoms with Crippen molar-refractivity contribution in [2.45, 2.75) is 38.3 Å². The molecule has 0 aromatic heterocycles. The summed E-state index contributed by atoms with van der Waals surface area (Å²) < 4.78 is 0. The standard InChI is InChI=1S/C19H25N3O2/c20-13-15-2-4-16(5-3-15)14-21-8-1-9-22(11-10-21)19(24)17-6-7-18(23)12-17/h2-5,17-18,23H,1,6-12,14H2/t17-,18-/m1/s1. The minimum Gasteiger partial charge on any atom is -0.393 e. The molecule has 1 aromatic rings. The molecule has 128 valence electrons. The van der Waals surface area contributed by atoms with E-state index in [0.717, 1.165) is 52.0 Å². The molecule has 1 saturated heterocycles. The van der Waals surface area contributed by atoms with Crippen molar-refractivity contribution in [1.29, 1.82) is 5.26 Å². The predicted molar refractivity (Wildman–Crippen MR) is 91.0 cm³/mol. The molecular weight excluding hydrogens is 302 g/mol. The molecule has 1 amide bonds. The quantitative estimate of drug-likeness (QED) is 0.918. The van der Waals surface area contributed by atoms with E-state index in [4.69, 9.17) is 5.26 Å². The Morgan fingerprint density at radius 1 is 1.17 bits per heavy atom. The lowest BCUT2D eigenvalue weighted by Crippen LogP contribution is -2.38. The summed E-state index contributed by atoms with van der Waals surface area (Å²) in [5.41, 5.74) is 1.89. The van der Waals surface area contributed by atoms with Gasteiger partial charge < -0.3 is 10.0 Å². The van der Waals surface area contributed by atoms with Gasteiger partial charge in [-0.2, -0.15) is 5.26 Å². The summed E-state index contributed by atoms with van der Waals surface area (Å²) in [5.74, 6) is 0.247. The van der Waals surface area contributed by atoms with E-state index in [9.17, 15) is 9.90 Å². The fraction of sp³-hybridized carbons (Fsp3) is 0.579. The van der Waals surface area contributed by atoms with Crippen LogP contribution in [0.5, 0.6) is 0 Å². The van der Waals surface area contributed by atoms with Gasteiger partial charge in [-0.15, -0.1) is 0 Å². The molecule has 1 saturated carbocycles. The average molecular weight is 327 g/mol. The summed E-state index contributed by atoms with van der Waals surface area (Å²) in [4.78, 5) is 17.0. The zero-order valence-corrected chi connectivity index (χ0v) is 14.0. The van der Waals surface area contributed by atoms with E-state index in [-0.39, 0.29) is 17.9 Å². The Kier molecular flexibility index (Phi) is 5.49. The normalized spacial score (nSPS) is 25.2. The Balaban J connectivity index is 1.53. The molecular formula is C19H25N3O2. The molecule has 2 fully saturated rings. The number of hydrogen-bond acceptors (Lipinski definition) is 4. The molecule has 1 aliphatic heterocycles.